The first kappa shape index (κ1) is 21.7. The SMILES string of the molecule is CC(=O)c1ccc(O[C@H]2CC[C@H](NC(=O)Nc3ccc(C(F)(F)F)cc3)CC2)cc1. The van der Waals surface area contributed by atoms with Gasteiger partial charge in [0, 0.05) is 17.3 Å². The van der Waals surface area contributed by atoms with Crippen LogP contribution >= 0.6 is 0 Å². The molecule has 5 nitrogen and oxygen atoms in total. The highest BCUT2D eigenvalue weighted by molar-refractivity contribution is 5.94. The Morgan fingerprint density at radius 2 is 1.53 bits per heavy atom. The van der Waals surface area contributed by atoms with Gasteiger partial charge >= 0.3 is 12.2 Å². The molecule has 0 aliphatic heterocycles. The zero-order valence-electron chi connectivity index (χ0n) is 16.5. The van der Waals surface area contributed by atoms with Gasteiger partial charge in [-0.15, -0.1) is 0 Å². The lowest BCUT2D eigenvalue weighted by molar-refractivity contribution is -0.137. The maximum Gasteiger partial charge on any atom is 0.416 e. The van der Waals surface area contributed by atoms with Crippen molar-refractivity contribution < 1.29 is 27.5 Å². The van der Waals surface area contributed by atoms with Crippen molar-refractivity contribution in [3.05, 3.63) is 59.7 Å². The van der Waals surface area contributed by atoms with Gasteiger partial charge in [0.2, 0.25) is 0 Å². The van der Waals surface area contributed by atoms with Crippen LogP contribution in [-0.2, 0) is 6.18 Å². The lowest BCUT2D eigenvalue weighted by Crippen LogP contribution is -2.41. The molecule has 1 fully saturated rings. The van der Waals surface area contributed by atoms with E-state index in [1.165, 1.54) is 19.1 Å². The largest absolute Gasteiger partial charge is 0.490 e. The molecule has 160 valence electrons. The molecule has 2 amide bonds. The summed E-state index contributed by atoms with van der Waals surface area (Å²) in [5, 5.41) is 5.41. The zero-order valence-corrected chi connectivity index (χ0v) is 16.5. The molecule has 1 saturated carbocycles. The summed E-state index contributed by atoms with van der Waals surface area (Å²) in [4.78, 5) is 23.4. The van der Waals surface area contributed by atoms with Crippen LogP contribution in [0.1, 0.15) is 48.5 Å². The molecule has 3 rings (SSSR count). The molecule has 0 spiro atoms. The highest BCUT2D eigenvalue weighted by Crippen LogP contribution is 2.30. The number of carbonyl (C=O) groups is 2. The van der Waals surface area contributed by atoms with Gasteiger partial charge < -0.3 is 15.4 Å². The molecule has 0 bridgehead atoms. The van der Waals surface area contributed by atoms with E-state index in [9.17, 15) is 22.8 Å². The third-order valence-corrected chi connectivity index (χ3v) is 5.04. The number of carbonyl (C=O) groups excluding carboxylic acids is 2. The van der Waals surface area contributed by atoms with Crippen molar-refractivity contribution in [2.45, 2.75) is 50.9 Å². The van der Waals surface area contributed by atoms with Gasteiger partial charge in [-0.05, 0) is 81.1 Å². The van der Waals surface area contributed by atoms with Gasteiger partial charge in [0.15, 0.2) is 5.78 Å². The van der Waals surface area contributed by atoms with Crippen LogP contribution in [0.25, 0.3) is 0 Å². The average molecular weight is 420 g/mol. The molecular weight excluding hydrogens is 397 g/mol. The smallest absolute Gasteiger partial charge is 0.416 e. The van der Waals surface area contributed by atoms with E-state index in [0.717, 1.165) is 37.8 Å². The minimum Gasteiger partial charge on any atom is -0.490 e. The Morgan fingerprint density at radius 3 is 2.07 bits per heavy atom. The fourth-order valence-electron chi connectivity index (χ4n) is 3.38. The minimum absolute atomic E-state index is 0.00250. The Kier molecular flexibility index (Phi) is 6.64. The van der Waals surface area contributed by atoms with Gasteiger partial charge in [0.1, 0.15) is 5.75 Å². The van der Waals surface area contributed by atoms with Crippen LogP contribution in [0.5, 0.6) is 5.75 Å². The van der Waals surface area contributed by atoms with Gasteiger partial charge in [0.05, 0.1) is 11.7 Å². The standard InChI is InChI=1S/C22H23F3N2O3/c1-14(28)15-2-10-19(11-3-15)30-20-12-8-18(9-13-20)27-21(29)26-17-6-4-16(5-7-17)22(23,24)25/h2-7,10-11,18,20H,8-9,12-13H2,1H3,(H2,26,27,29)/t18-,20-. The predicted octanol–water partition coefficient (Wildman–Crippen LogP) is 5.42. The van der Waals surface area contributed by atoms with Gasteiger partial charge in [-0.1, -0.05) is 0 Å². The number of urea groups is 1. The molecule has 1 aliphatic carbocycles. The maximum absolute atomic E-state index is 12.6. The number of ether oxygens (including phenoxy) is 1. The number of benzene rings is 2. The number of hydrogen-bond donors (Lipinski definition) is 2. The van der Waals surface area contributed by atoms with Gasteiger partial charge in [-0.3, -0.25) is 4.79 Å². The van der Waals surface area contributed by atoms with Crippen molar-refractivity contribution >= 4 is 17.5 Å². The summed E-state index contributed by atoms with van der Waals surface area (Å²) >= 11 is 0. The summed E-state index contributed by atoms with van der Waals surface area (Å²) in [6, 6.07) is 10.9. The van der Waals surface area contributed by atoms with Crippen LogP contribution in [0, 0.1) is 0 Å². The van der Waals surface area contributed by atoms with E-state index in [1.54, 1.807) is 24.3 Å². The van der Waals surface area contributed by atoms with E-state index in [1.807, 2.05) is 0 Å². The summed E-state index contributed by atoms with van der Waals surface area (Å²) in [5.41, 5.74) is 0.170. The highest BCUT2D eigenvalue weighted by Gasteiger charge is 2.30. The average Bonchev–Trinajstić information content (AvgIpc) is 2.69. The van der Waals surface area contributed by atoms with Gasteiger partial charge in [0.25, 0.3) is 0 Å². The normalized spacial score (nSPS) is 19.1. The van der Waals surface area contributed by atoms with Crippen LogP contribution in [0.15, 0.2) is 48.5 Å². The monoisotopic (exact) mass is 420 g/mol. The molecule has 0 radical (unpaired) electrons. The fourth-order valence-corrected chi connectivity index (χ4v) is 3.38. The Bertz CT molecular complexity index is 872. The molecule has 8 heteroatoms. The molecule has 1 aliphatic rings. The second kappa shape index (κ2) is 9.19. The van der Waals surface area contributed by atoms with Crippen molar-refractivity contribution in [2.75, 3.05) is 5.32 Å². The van der Waals surface area contributed by atoms with Crippen molar-refractivity contribution in [3.8, 4) is 5.75 Å². The second-order valence-electron chi connectivity index (χ2n) is 7.35. The second-order valence-corrected chi connectivity index (χ2v) is 7.35. The third-order valence-electron chi connectivity index (χ3n) is 5.04. The Balaban J connectivity index is 1.42. The summed E-state index contributed by atoms with van der Waals surface area (Å²) < 4.78 is 43.7. The number of rotatable bonds is 5. The third kappa shape index (κ3) is 5.98. The predicted molar refractivity (Wildman–Crippen MR) is 107 cm³/mol. The van der Waals surface area contributed by atoms with Crippen molar-refractivity contribution in [1.82, 2.24) is 5.32 Å². The van der Waals surface area contributed by atoms with E-state index in [4.69, 9.17) is 4.74 Å². The first-order valence-corrected chi connectivity index (χ1v) is 9.73. The molecular formula is C22H23F3N2O3. The van der Waals surface area contributed by atoms with Crippen LogP contribution in [0.2, 0.25) is 0 Å². The number of alkyl halides is 3. The topological polar surface area (TPSA) is 67.4 Å². The number of halogens is 3. The molecule has 0 unspecified atom stereocenters. The summed E-state index contributed by atoms with van der Waals surface area (Å²) in [7, 11) is 0. The number of nitrogens with one attached hydrogen (secondary N) is 2. The van der Waals surface area contributed by atoms with E-state index >= 15 is 0 Å². The zero-order chi connectivity index (χ0) is 21.7. The van der Waals surface area contributed by atoms with Crippen molar-refractivity contribution in [3.63, 3.8) is 0 Å². The van der Waals surface area contributed by atoms with E-state index in [0.29, 0.717) is 17.0 Å². The summed E-state index contributed by atoms with van der Waals surface area (Å²) in [6.07, 6.45) is -1.38. The lowest BCUT2D eigenvalue weighted by Gasteiger charge is -2.29. The molecule has 0 atom stereocenters. The molecule has 0 saturated heterocycles. The van der Waals surface area contributed by atoms with Crippen LogP contribution in [0.3, 0.4) is 0 Å². The number of Topliss-reactive ketones (excluding diaryl/α,β-unsaturated/α-hetero) is 1. The molecule has 30 heavy (non-hydrogen) atoms. The van der Waals surface area contributed by atoms with Crippen LogP contribution in [0.4, 0.5) is 23.7 Å². The maximum atomic E-state index is 12.6. The Morgan fingerprint density at radius 1 is 0.933 bits per heavy atom. The first-order valence-electron chi connectivity index (χ1n) is 9.73. The number of amides is 2. The quantitative estimate of drug-likeness (QED) is 0.635. The summed E-state index contributed by atoms with van der Waals surface area (Å²) in [5.74, 6) is 0.708. The Labute approximate surface area is 172 Å². The van der Waals surface area contributed by atoms with Gasteiger partial charge in [-0.2, -0.15) is 13.2 Å². The highest BCUT2D eigenvalue weighted by atomic mass is 19.4. The molecule has 0 heterocycles. The van der Waals surface area contributed by atoms with Crippen molar-refractivity contribution in [1.29, 1.82) is 0 Å². The van der Waals surface area contributed by atoms with E-state index in [2.05, 4.69) is 10.6 Å². The van der Waals surface area contributed by atoms with Crippen LogP contribution in [-0.4, -0.2) is 24.0 Å². The fraction of sp³-hybridized carbons (Fsp3) is 0.364. The van der Waals surface area contributed by atoms with Crippen molar-refractivity contribution in [2.24, 2.45) is 0 Å². The van der Waals surface area contributed by atoms with Gasteiger partial charge in [-0.25, -0.2) is 4.79 Å². The molecule has 0 aromatic heterocycles. The van der Waals surface area contributed by atoms with Crippen LogP contribution < -0.4 is 15.4 Å². The molecule has 2 aromatic carbocycles. The molecule has 2 aromatic rings. The molecule has 2 N–H and O–H groups in total. The Hall–Kier alpha value is -3.03. The number of ketones is 1. The lowest BCUT2D eigenvalue weighted by atomic mass is 9.93. The summed E-state index contributed by atoms with van der Waals surface area (Å²) in [6.45, 7) is 1.51. The first-order chi connectivity index (χ1) is 14.2. The number of hydrogen-bond acceptors (Lipinski definition) is 3. The number of anilines is 1. The van der Waals surface area contributed by atoms with E-state index in [-0.39, 0.29) is 17.9 Å². The minimum atomic E-state index is -4.41. The van der Waals surface area contributed by atoms with E-state index < -0.39 is 17.8 Å².